The van der Waals surface area contributed by atoms with Crippen LogP contribution < -0.4 is 5.32 Å². The first kappa shape index (κ1) is 21.9. The van der Waals surface area contributed by atoms with E-state index in [0.29, 0.717) is 0 Å². The van der Waals surface area contributed by atoms with Crippen LogP contribution >= 0.6 is 11.3 Å². The molecule has 0 spiro atoms. The van der Waals surface area contributed by atoms with Gasteiger partial charge in [0.2, 0.25) is 0 Å². The summed E-state index contributed by atoms with van der Waals surface area (Å²) in [5.41, 5.74) is 1.62. The summed E-state index contributed by atoms with van der Waals surface area (Å²) in [7, 11) is 0. The van der Waals surface area contributed by atoms with Crippen molar-refractivity contribution in [3.8, 4) is 10.7 Å². The van der Waals surface area contributed by atoms with Gasteiger partial charge in [-0.15, -0.1) is 11.3 Å². The Bertz CT molecular complexity index is 828. The van der Waals surface area contributed by atoms with Crippen molar-refractivity contribution in [2.24, 2.45) is 0 Å². The maximum absolute atomic E-state index is 13.7. The van der Waals surface area contributed by atoms with Crippen molar-refractivity contribution < 1.29 is 4.79 Å². The maximum atomic E-state index is 13.7. The Hall–Kier alpha value is -1.79. The predicted octanol–water partition coefficient (Wildman–Crippen LogP) is 5.07. The number of carbonyl (C=O) groups is 1. The SMILES string of the molecule is CCCCN(C(=O)c1sc(-c2ccccn2)nc1C)C1CC(C)(C)NC(C)(C)C1. The van der Waals surface area contributed by atoms with Crippen molar-refractivity contribution >= 4 is 17.2 Å². The number of amides is 1. The molecule has 0 saturated carbocycles. The van der Waals surface area contributed by atoms with Crippen molar-refractivity contribution in [3.05, 3.63) is 35.0 Å². The van der Waals surface area contributed by atoms with Crippen LogP contribution in [-0.2, 0) is 0 Å². The molecule has 2 aromatic rings. The Morgan fingerprint density at radius 3 is 2.52 bits per heavy atom. The smallest absolute Gasteiger partial charge is 0.266 e. The number of unbranched alkanes of at least 4 members (excludes halogenated alkanes) is 1. The minimum absolute atomic E-state index is 0.000968. The monoisotopic (exact) mass is 414 g/mol. The summed E-state index contributed by atoms with van der Waals surface area (Å²) in [6.45, 7) is 13.9. The Kier molecular flexibility index (Phi) is 6.44. The van der Waals surface area contributed by atoms with Crippen LogP contribution in [0.5, 0.6) is 0 Å². The Morgan fingerprint density at radius 1 is 1.24 bits per heavy atom. The highest BCUT2D eigenvalue weighted by Gasteiger charge is 2.41. The number of hydrogen-bond acceptors (Lipinski definition) is 5. The van der Waals surface area contributed by atoms with Crippen LogP contribution in [0.25, 0.3) is 10.7 Å². The molecule has 5 nitrogen and oxygen atoms in total. The lowest BCUT2D eigenvalue weighted by Crippen LogP contribution is -2.62. The van der Waals surface area contributed by atoms with E-state index in [0.717, 1.165) is 53.5 Å². The zero-order valence-electron chi connectivity index (χ0n) is 18.6. The minimum Gasteiger partial charge on any atom is -0.335 e. The normalized spacial score (nSPS) is 18.6. The van der Waals surface area contributed by atoms with Gasteiger partial charge in [-0.05, 0) is 66.0 Å². The molecule has 0 bridgehead atoms. The van der Waals surface area contributed by atoms with Gasteiger partial charge in [-0.2, -0.15) is 0 Å². The molecule has 0 radical (unpaired) electrons. The molecule has 1 fully saturated rings. The van der Waals surface area contributed by atoms with Gasteiger partial charge in [0.1, 0.15) is 9.88 Å². The van der Waals surface area contributed by atoms with Crippen LogP contribution in [0.4, 0.5) is 0 Å². The molecule has 0 atom stereocenters. The van der Waals surface area contributed by atoms with E-state index >= 15 is 0 Å². The van der Waals surface area contributed by atoms with Crippen LogP contribution in [0.2, 0.25) is 0 Å². The number of piperidine rings is 1. The second kappa shape index (κ2) is 8.52. The van der Waals surface area contributed by atoms with Gasteiger partial charge in [0.05, 0.1) is 11.4 Å². The van der Waals surface area contributed by atoms with Crippen molar-refractivity contribution in [1.82, 2.24) is 20.2 Å². The number of pyridine rings is 1. The van der Waals surface area contributed by atoms with Gasteiger partial charge in [-0.1, -0.05) is 19.4 Å². The highest BCUT2D eigenvalue weighted by molar-refractivity contribution is 7.17. The fourth-order valence-corrected chi connectivity index (χ4v) is 5.59. The number of hydrogen-bond donors (Lipinski definition) is 1. The van der Waals surface area contributed by atoms with E-state index in [9.17, 15) is 4.79 Å². The molecule has 1 aliphatic rings. The molecule has 0 aliphatic carbocycles. The molecule has 1 saturated heterocycles. The quantitative estimate of drug-likeness (QED) is 0.717. The lowest BCUT2D eigenvalue weighted by molar-refractivity contribution is 0.0445. The van der Waals surface area contributed by atoms with E-state index in [4.69, 9.17) is 0 Å². The maximum Gasteiger partial charge on any atom is 0.266 e. The van der Waals surface area contributed by atoms with Crippen LogP contribution in [-0.4, -0.2) is 44.4 Å². The van der Waals surface area contributed by atoms with Crippen molar-refractivity contribution in [2.45, 2.75) is 84.3 Å². The Morgan fingerprint density at radius 2 is 1.93 bits per heavy atom. The van der Waals surface area contributed by atoms with E-state index in [-0.39, 0.29) is 23.0 Å². The number of carbonyl (C=O) groups excluding carboxylic acids is 1. The van der Waals surface area contributed by atoms with Crippen molar-refractivity contribution in [2.75, 3.05) is 6.54 Å². The van der Waals surface area contributed by atoms with Crippen molar-refractivity contribution in [1.29, 1.82) is 0 Å². The molecule has 1 amide bonds. The molecule has 1 aliphatic heterocycles. The van der Waals surface area contributed by atoms with Crippen LogP contribution in [0.1, 0.15) is 75.7 Å². The Balaban J connectivity index is 1.91. The highest BCUT2D eigenvalue weighted by Crippen LogP contribution is 2.34. The van der Waals surface area contributed by atoms with Crippen molar-refractivity contribution in [3.63, 3.8) is 0 Å². The summed E-state index contributed by atoms with van der Waals surface area (Å²) in [5, 5.41) is 4.55. The van der Waals surface area contributed by atoms with Gasteiger partial charge in [0.25, 0.3) is 5.91 Å². The average molecular weight is 415 g/mol. The molecule has 158 valence electrons. The zero-order chi connectivity index (χ0) is 21.2. The number of aryl methyl sites for hydroxylation is 1. The van der Waals surface area contributed by atoms with Gasteiger partial charge in [0, 0.05) is 29.9 Å². The van der Waals surface area contributed by atoms with Gasteiger partial charge in [-0.3, -0.25) is 9.78 Å². The van der Waals surface area contributed by atoms with Crippen LogP contribution in [0.15, 0.2) is 24.4 Å². The number of aromatic nitrogens is 2. The summed E-state index contributed by atoms with van der Waals surface area (Å²) in [5.74, 6) is 0.120. The van der Waals surface area contributed by atoms with Gasteiger partial charge >= 0.3 is 0 Å². The largest absolute Gasteiger partial charge is 0.335 e. The minimum atomic E-state index is -0.000968. The standard InChI is InChI=1S/C23H34N4OS/c1-7-8-13-27(17-14-22(3,4)26-23(5,6)15-17)21(28)19-16(2)25-20(29-19)18-11-9-10-12-24-18/h9-12,17,26H,7-8,13-15H2,1-6H3. The molecule has 6 heteroatoms. The van der Waals surface area contributed by atoms with E-state index in [1.54, 1.807) is 6.20 Å². The first-order chi connectivity index (χ1) is 13.6. The lowest BCUT2D eigenvalue weighted by atomic mass is 9.79. The fourth-order valence-electron chi connectivity index (χ4n) is 4.59. The lowest BCUT2D eigenvalue weighted by Gasteiger charge is -2.49. The molecule has 0 aromatic carbocycles. The molecule has 2 aromatic heterocycles. The number of thiazole rings is 1. The Labute approximate surface area is 179 Å². The van der Waals surface area contributed by atoms with Gasteiger partial charge < -0.3 is 10.2 Å². The van der Waals surface area contributed by atoms with Gasteiger partial charge in [0.15, 0.2) is 0 Å². The van der Waals surface area contributed by atoms with E-state index in [1.807, 2.05) is 25.1 Å². The first-order valence-electron chi connectivity index (χ1n) is 10.6. The number of rotatable bonds is 6. The van der Waals surface area contributed by atoms with Gasteiger partial charge in [-0.25, -0.2) is 4.98 Å². The van der Waals surface area contributed by atoms with Crippen LogP contribution in [0, 0.1) is 6.92 Å². The summed E-state index contributed by atoms with van der Waals surface area (Å²) in [6.07, 6.45) is 5.76. The molecule has 3 rings (SSSR count). The molecule has 3 heterocycles. The second-order valence-corrected chi connectivity index (χ2v) is 10.5. The molecular formula is C23H34N4OS. The second-order valence-electron chi connectivity index (χ2n) is 9.46. The average Bonchev–Trinajstić information content (AvgIpc) is 3.02. The summed E-state index contributed by atoms with van der Waals surface area (Å²) < 4.78 is 0. The number of nitrogens with zero attached hydrogens (tertiary/aromatic N) is 3. The first-order valence-corrected chi connectivity index (χ1v) is 11.4. The third-order valence-electron chi connectivity index (χ3n) is 5.50. The van der Waals surface area contributed by atoms with E-state index in [2.05, 4.69) is 54.8 Å². The predicted molar refractivity (Wildman–Crippen MR) is 120 cm³/mol. The molecule has 29 heavy (non-hydrogen) atoms. The fraction of sp³-hybridized carbons (Fsp3) is 0.609. The summed E-state index contributed by atoms with van der Waals surface area (Å²) >= 11 is 1.47. The summed E-state index contributed by atoms with van der Waals surface area (Å²) in [4.78, 5) is 25.6. The summed E-state index contributed by atoms with van der Waals surface area (Å²) in [6, 6.07) is 6.01. The topological polar surface area (TPSA) is 58.1 Å². The highest BCUT2D eigenvalue weighted by atomic mass is 32.1. The number of nitrogens with one attached hydrogen (secondary N) is 1. The van der Waals surface area contributed by atoms with E-state index < -0.39 is 0 Å². The molecular weight excluding hydrogens is 380 g/mol. The third kappa shape index (κ3) is 5.23. The molecule has 1 N–H and O–H groups in total. The molecule has 0 unspecified atom stereocenters. The van der Waals surface area contributed by atoms with E-state index in [1.165, 1.54) is 11.3 Å². The van der Waals surface area contributed by atoms with Crippen LogP contribution in [0.3, 0.4) is 0 Å². The third-order valence-corrected chi connectivity index (χ3v) is 6.67. The zero-order valence-corrected chi connectivity index (χ0v) is 19.4.